The van der Waals surface area contributed by atoms with E-state index >= 15 is 0 Å². The molecular formula is C48H64N2O4S. The molecule has 0 N–H and O–H groups in total. The molecule has 0 amide bonds. The fourth-order valence-electron chi connectivity index (χ4n) is 12.1. The summed E-state index contributed by atoms with van der Waals surface area (Å²) in [5.74, 6) is 5.29. The van der Waals surface area contributed by atoms with Crippen LogP contribution in [0.5, 0.6) is 0 Å². The van der Waals surface area contributed by atoms with Gasteiger partial charge in [-0.25, -0.2) is 4.98 Å². The summed E-state index contributed by atoms with van der Waals surface area (Å²) < 4.78 is 7.64. The Hall–Kier alpha value is -3.19. The summed E-state index contributed by atoms with van der Waals surface area (Å²) in [5, 5.41) is 0.659. The summed E-state index contributed by atoms with van der Waals surface area (Å²) in [7, 11) is 0. The van der Waals surface area contributed by atoms with Crippen LogP contribution in [0, 0.1) is 52.3 Å². The minimum absolute atomic E-state index is 0.0241. The third-order valence-corrected chi connectivity index (χ3v) is 16.3. The van der Waals surface area contributed by atoms with Crippen molar-refractivity contribution in [3.8, 4) is 0 Å². The summed E-state index contributed by atoms with van der Waals surface area (Å²) in [5.41, 5.74) is 3.49. The molecule has 4 aliphatic carbocycles. The van der Waals surface area contributed by atoms with Gasteiger partial charge in [0.05, 0.1) is 23.9 Å². The van der Waals surface area contributed by atoms with Crippen molar-refractivity contribution >= 4 is 33.7 Å². The second-order valence-corrected chi connectivity index (χ2v) is 19.6. The van der Waals surface area contributed by atoms with Crippen LogP contribution < -0.4 is 5.56 Å². The number of benzene rings is 2. The average molecular weight is 765 g/mol. The number of thioether (sulfide) groups is 1. The first-order valence-electron chi connectivity index (χ1n) is 21.5. The van der Waals surface area contributed by atoms with E-state index in [0.29, 0.717) is 28.0 Å². The third kappa shape index (κ3) is 8.16. The minimum atomic E-state index is -0.316. The Morgan fingerprint density at radius 3 is 2.45 bits per heavy atom. The molecule has 7 rings (SSSR count). The van der Waals surface area contributed by atoms with E-state index in [0.717, 1.165) is 78.0 Å². The Balaban J connectivity index is 0.941. The number of fused-ring (bicyclic) bond motifs is 6. The van der Waals surface area contributed by atoms with Gasteiger partial charge in [0.25, 0.3) is 5.56 Å². The molecule has 6 nitrogen and oxygen atoms in total. The van der Waals surface area contributed by atoms with Gasteiger partial charge in [-0.1, -0.05) is 108 Å². The van der Waals surface area contributed by atoms with Crippen LogP contribution in [-0.2, 0) is 20.9 Å². The third-order valence-electron chi connectivity index (χ3n) is 15.3. The Labute approximate surface area is 333 Å². The molecular weight excluding hydrogens is 701 g/mol. The molecule has 0 unspecified atom stereocenters. The molecule has 9 atom stereocenters. The second-order valence-electron chi connectivity index (χ2n) is 18.6. The zero-order chi connectivity index (χ0) is 38.9. The summed E-state index contributed by atoms with van der Waals surface area (Å²) >= 11 is 0.940. The fourth-order valence-corrected chi connectivity index (χ4v) is 12.9. The molecule has 0 aliphatic heterocycles. The summed E-state index contributed by atoms with van der Waals surface area (Å²) in [6.45, 7) is 15.3. The SMILES string of the molecule is CC[C@H](CC[C@@H](C)[C@H]1CC[C@H]2[C@@H]3CC=C4C[C@@H](OC(=O)CCC(=O)Sc5nc6ccccc6c(=O)n5Cc5ccccc5)CC[C@]4(C)[C@H]3CC[C@]12C)C(C)C. The molecule has 3 saturated carbocycles. The molecule has 55 heavy (non-hydrogen) atoms. The van der Waals surface area contributed by atoms with Gasteiger partial charge < -0.3 is 4.74 Å². The predicted molar refractivity (Wildman–Crippen MR) is 224 cm³/mol. The minimum Gasteiger partial charge on any atom is -0.462 e. The van der Waals surface area contributed by atoms with Crippen LogP contribution in [0.25, 0.3) is 10.9 Å². The van der Waals surface area contributed by atoms with Gasteiger partial charge in [-0.15, -0.1) is 0 Å². The molecule has 0 saturated heterocycles. The topological polar surface area (TPSA) is 78.3 Å². The first-order valence-corrected chi connectivity index (χ1v) is 22.4. The first kappa shape index (κ1) is 40.0. The Morgan fingerprint density at radius 1 is 0.927 bits per heavy atom. The van der Waals surface area contributed by atoms with Crippen LogP contribution in [0.15, 0.2) is 76.2 Å². The van der Waals surface area contributed by atoms with Crippen LogP contribution >= 0.6 is 11.8 Å². The van der Waals surface area contributed by atoms with Crippen LogP contribution in [0.3, 0.4) is 0 Å². The predicted octanol–water partition coefficient (Wildman–Crippen LogP) is 11.4. The van der Waals surface area contributed by atoms with Gasteiger partial charge in [0.1, 0.15) is 6.10 Å². The number of esters is 1. The molecule has 296 valence electrons. The quantitative estimate of drug-likeness (QED) is 0.0746. The van der Waals surface area contributed by atoms with Gasteiger partial charge in [0.2, 0.25) is 0 Å². The van der Waals surface area contributed by atoms with Crippen molar-refractivity contribution in [2.75, 3.05) is 0 Å². The molecule has 1 heterocycles. The number of para-hydroxylation sites is 1. The molecule has 0 radical (unpaired) electrons. The number of hydrogen-bond donors (Lipinski definition) is 0. The number of hydrogen-bond acceptors (Lipinski definition) is 6. The van der Waals surface area contributed by atoms with Crippen molar-refractivity contribution in [1.29, 1.82) is 0 Å². The highest BCUT2D eigenvalue weighted by atomic mass is 32.2. The van der Waals surface area contributed by atoms with Gasteiger partial charge in [0, 0.05) is 12.8 Å². The largest absolute Gasteiger partial charge is 0.462 e. The van der Waals surface area contributed by atoms with E-state index in [1.807, 2.05) is 42.5 Å². The maximum Gasteiger partial charge on any atom is 0.306 e. The number of rotatable bonds is 13. The highest BCUT2D eigenvalue weighted by Gasteiger charge is 2.59. The van der Waals surface area contributed by atoms with Crippen molar-refractivity contribution in [2.45, 2.75) is 143 Å². The number of carbonyl (C=O) groups excluding carboxylic acids is 2. The van der Waals surface area contributed by atoms with E-state index in [-0.39, 0.29) is 41.0 Å². The van der Waals surface area contributed by atoms with E-state index in [1.165, 1.54) is 56.9 Å². The summed E-state index contributed by atoms with van der Waals surface area (Å²) in [6, 6.07) is 16.9. The van der Waals surface area contributed by atoms with Crippen molar-refractivity contribution in [3.05, 3.63) is 82.2 Å². The molecule has 0 spiro atoms. The average Bonchev–Trinajstić information content (AvgIpc) is 3.53. The van der Waals surface area contributed by atoms with E-state index < -0.39 is 0 Å². The van der Waals surface area contributed by atoms with Gasteiger partial charge in [0.15, 0.2) is 10.3 Å². The van der Waals surface area contributed by atoms with Crippen LogP contribution in [0.2, 0.25) is 0 Å². The highest BCUT2D eigenvalue weighted by Crippen LogP contribution is 2.67. The lowest BCUT2D eigenvalue weighted by Crippen LogP contribution is -2.51. The molecule has 3 aromatic rings. The maximum atomic E-state index is 13.5. The monoisotopic (exact) mass is 764 g/mol. The zero-order valence-corrected chi connectivity index (χ0v) is 35.0. The van der Waals surface area contributed by atoms with Gasteiger partial charge in [-0.2, -0.15) is 0 Å². The van der Waals surface area contributed by atoms with E-state index in [2.05, 4.69) is 47.6 Å². The molecule has 3 fully saturated rings. The Kier molecular flexibility index (Phi) is 12.2. The molecule has 2 aromatic carbocycles. The lowest BCUT2D eigenvalue weighted by Gasteiger charge is -2.58. The molecule has 4 aliphatic rings. The fraction of sp³-hybridized carbons (Fsp3) is 0.625. The van der Waals surface area contributed by atoms with Gasteiger partial charge in [-0.05, 0) is 133 Å². The molecule has 1 aromatic heterocycles. The van der Waals surface area contributed by atoms with Crippen molar-refractivity contribution in [2.24, 2.45) is 52.3 Å². The standard InChI is InChI=1S/C48H64N2O4S/c1-7-34(31(2)3)18-17-32(4)39-21-22-40-37-20-19-35-29-36(25-27-47(35,5)41(37)26-28-48(39,40)6)54-43(51)23-24-44(52)55-46-49-42-16-12-11-15-38(42)45(53)50(46)30-33-13-9-8-10-14-33/h8-16,19,31-32,34,36-37,39-41H,7,17-18,20-30H2,1-6H3/t32-,34-,36+,37+,39-,40+,41+,47+,48-/m1/s1. The van der Waals surface area contributed by atoms with E-state index in [9.17, 15) is 14.4 Å². The Bertz CT molecular complexity index is 1940. The normalized spacial score (nSPS) is 29.9. The number of nitrogens with zero attached hydrogens (tertiary/aromatic N) is 2. The zero-order valence-electron chi connectivity index (χ0n) is 34.2. The van der Waals surface area contributed by atoms with Crippen molar-refractivity contribution in [3.63, 3.8) is 0 Å². The smallest absolute Gasteiger partial charge is 0.306 e. The summed E-state index contributed by atoms with van der Waals surface area (Å²) in [6.07, 6.45) is 16.0. The van der Waals surface area contributed by atoms with Crippen molar-refractivity contribution in [1.82, 2.24) is 9.55 Å². The Morgan fingerprint density at radius 2 is 1.69 bits per heavy atom. The van der Waals surface area contributed by atoms with Crippen molar-refractivity contribution < 1.29 is 14.3 Å². The van der Waals surface area contributed by atoms with Crippen LogP contribution in [-0.4, -0.2) is 26.7 Å². The lowest BCUT2D eigenvalue weighted by atomic mass is 9.47. The maximum absolute atomic E-state index is 13.5. The molecule has 0 bridgehead atoms. The number of aromatic nitrogens is 2. The number of allylic oxidation sites excluding steroid dienone is 1. The second kappa shape index (κ2) is 16.7. The van der Waals surface area contributed by atoms with Crippen LogP contribution in [0.4, 0.5) is 0 Å². The van der Waals surface area contributed by atoms with E-state index in [1.54, 1.807) is 16.7 Å². The summed E-state index contributed by atoms with van der Waals surface area (Å²) in [4.78, 5) is 44.7. The first-order chi connectivity index (χ1) is 26.4. The van der Waals surface area contributed by atoms with Gasteiger partial charge in [-0.3, -0.25) is 19.0 Å². The van der Waals surface area contributed by atoms with Crippen LogP contribution in [0.1, 0.15) is 131 Å². The number of carbonyl (C=O) groups is 2. The lowest BCUT2D eigenvalue weighted by molar-refractivity contribution is -0.152. The number of ether oxygens (including phenoxy) is 1. The van der Waals surface area contributed by atoms with E-state index in [4.69, 9.17) is 9.72 Å². The van der Waals surface area contributed by atoms with Gasteiger partial charge >= 0.3 is 5.97 Å². The highest BCUT2D eigenvalue weighted by molar-refractivity contribution is 8.13. The molecule has 7 heteroatoms.